The van der Waals surface area contributed by atoms with Gasteiger partial charge in [-0.2, -0.15) is 0 Å². The summed E-state index contributed by atoms with van der Waals surface area (Å²) in [5, 5.41) is 120. The van der Waals surface area contributed by atoms with Crippen molar-refractivity contribution >= 4 is 5.91 Å². The van der Waals surface area contributed by atoms with Crippen LogP contribution in [0.2, 0.25) is 0 Å². The number of hydrogen-bond acceptors (Lipinski definition) is 18. The maximum atomic E-state index is 13.4. The Kier molecular flexibility index (Phi) is 46.3. The third-order valence-corrected chi connectivity index (χ3v) is 18.2. The molecular formula is C67H129NO18. The Morgan fingerprint density at radius 2 is 0.663 bits per heavy atom. The molecule has 0 aromatic carbocycles. The molecule has 3 aliphatic rings. The van der Waals surface area contributed by atoms with Gasteiger partial charge in [0, 0.05) is 6.42 Å². The Balaban J connectivity index is 1.31. The van der Waals surface area contributed by atoms with Crippen LogP contribution in [0.15, 0.2) is 0 Å². The average molecular weight is 1240 g/mol. The van der Waals surface area contributed by atoms with Gasteiger partial charge in [0.25, 0.3) is 0 Å². The number of unbranched alkanes of at least 4 members (excludes halogenated alkanes) is 39. The molecule has 3 fully saturated rings. The molecule has 510 valence electrons. The molecule has 0 radical (unpaired) electrons. The van der Waals surface area contributed by atoms with Crippen LogP contribution in [0.5, 0.6) is 0 Å². The molecule has 3 heterocycles. The van der Waals surface area contributed by atoms with Gasteiger partial charge in [-0.15, -0.1) is 0 Å². The van der Waals surface area contributed by atoms with Crippen LogP contribution in [0.25, 0.3) is 0 Å². The minimum absolute atomic E-state index is 0.239. The van der Waals surface area contributed by atoms with Crippen LogP contribution in [-0.2, 0) is 33.2 Å². The van der Waals surface area contributed by atoms with Crippen LogP contribution in [0.3, 0.4) is 0 Å². The average Bonchev–Trinajstić information content (AvgIpc) is 1.37. The van der Waals surface area contributed by atoms with E-state index in [0.717, 1.165) is 44.9 Å². The summed E-state index contributed by atoms with van der Waals surface area (Å²) < 4.78 is 34.3. The fraction of sp³-hybridized carbons (Fsp3) is 0.985. The molecule has 0 aliphatic carbocycles. The lowest BCUT2D eigenvalue weighted by molar-refractivity contribution is -0.379. The van der Waals surface area contributed by atoms with E-state index in [0.29, 0.717) is 12.8 Å². The van der Waals surface area contributed by atoms with Crippen LogP contribution >= 0.6 is 0 Å². The number of nitrogens with one attached hydrogen (secondary N) is 1. The zero-order chi connectivity index (χ0) is 62.6. The SMILES string of the molecule is CCCCCCCCCCCCCCCCCCCCCCCCCCCCCCCCCCC(=O)NC(COC1OC(CO)C(OC2OC(CO)C(OC3OC(CO)C(O)C(O)C3O)C(O)C2O)C(O)C1O)C(O)CCCCCCCCCCC. The highest BCUT2D eigenvalue weighted by molar-refractivity contribution is 5.76. The van der Waals surface area contributed by atoms with Crippen molar-refractivity contribution in [2.24, 2.45) is 0 Å². The maximum Gasteiger partial charge on any atom is 0.220 e. The van der Waals surface area contributed by atoms with Crippen molar-refractivity contribution in [3.63, 3.8) is 0 Å². The molecule has 17 atom stereocenters. The molecular weight excluding hydrogens is 1110 g/mol. The van der Waals surface area contributed by atoms with Crippen LogP contribution in [0.4, 0.5) is 0 Å². The van der Waals surface area contributed by atoms with Crippen molar-refractivity contribution in [1.82, 2.24) is 5.32 Å². The highest BCUT2D eigenvalue weighted by Gasteiger charge is 2.53. The number of ether oxygens (including phenoxy) is 6. The normalized spacial score (nSPS) is 28.7. The minimum Gasteiger partial charge on any atom is -0.394 e. The summed E-state index contributed by atoms with van der Waals surface area (Å²) in [7, 11) is 0. The van der Waals surface area contributed by atoms with E-state index in [1.807, 2.05) is 0 Å². The smallest absolute Gasteiger partial charge is 0.220 e. The van der Waals surface area contributed by atoms with Gasteiger partial charge in [0.05, 0.1) is 38.6 Å². The van der Waals surface area contributed by atoms with Gasteiger partial charge < -0.3 is 89.9 Å². The molecule has 86 heavy (non-hydrogen) atoms. The van der Waals surface area contributed by atoms with Crippen molar-refractivity contribution in [1.29, 1.82) is 0 Å². The van der Waals surface area contributed by atoms with Gasteiger partial charge in [-0.25, -0.2) is 0 Å². The molecule has 3 aliphatic heterocycles. The molecule has 0 bridgehead atoms. The van der Waals surface area contributed by atoms with E-state index in [4.69, 9.17) is 28.4 Å². The number of aliphatic hydroxyl groups is 11. The van der Waals surface area contributed by atoms with E-state index >= 15 is 0 Å². The summed E-state index contributed by atoms with van der Waals surface area (Å²) in [6, 6.07) is -0.879. The Morgan fingerprint density at radius 1 is 0.372 bits per heavy atom. The Bertz CT molecular complexity index is 1570. The van der Waals surface area contributed by atoms with Gasteiger partial charge in [-0.05, 0) is 12.8 Å². The van der Waals surface area contributed by atoms with E-state index in [1.165, 1.54) is 212 Å². The second-order valence-corrected chi connectivity index (χ2v) is 25.7. The number of amides is 1. The van der Waals surface area contributed by atoms with Gasteiger partial charge >= 0.3 is 0 Å². The number of aliphatic hydroxyl groups excluding tert-OH is 11. The van der Waals surface area contributed by atoms with Gasteiger partial charge in [0.15, 0.2) is 18.9 Å². The van der Waals surface area contributed by atoms with Crippen molar-refractivity contribution < 1.29 is 89.4 Å². The van der Waals surface area contributed by atoms with Crippen molar-refractivity contribution in [3.05, 3.63) is 0 Å². The molecule has 3 saturated heterocycles. The first-order valence-corrected chi connectivity index (χ1v) is 35.3. The summed E-state index contributed by atoms with van der Waals surface area (Å²) in [5.74, 6) is -0.239. The monoisotopic (exact) mass is 1240 g/mol. The third kappa shape index (κ3) is 32.4. The quantitative estimate of drug-likeness (QED) is 0.0253. The predicted octanol–water partition coefficient (Wildman–Crippen LogP) is 9.11. The van der Waals surface area contributed by atoms with Gasteiger partial charge in [0.2, 0.25) is 5.91 Å². The fourth-order valence-electron chi connectivity index (χ4n) is 12.4. The molecule has 3 rings (SSSR count). The second kappa shape index (κ2) is 50.4. The zero-order valence-electron chi connectivity index (χ0n) is 53.8. The third-order valence-electron chi connectivity index (χ3n) is 18.2. The molecule has 1 amide bonds. The molecule has 19 heteroatoms. The standard InChI is InChI=1S/C67H129NO18/c1-3-5-7-9-11-13-14-15-16-17-18-19-20-21-22-23-24-25-26-27-28-29-30-31-32-33-34-35-37-39-41-43-45-55(73)68-50(51(72)44-42-40-38-36-12-10-8-6-4-2)49-81-65-61(79)58(76)63(53(47-70)83-65)86-67-62(80)59(77)64(54(48-71)84-67)85-66-60(78)57(75)56(74)52(46-69)82-66/h50-54,56-67,69-72,74-80H,3-49H2,1-2H3,(H,68,73). The Labute approximate surface area is 519 Å². The molecule has 0 aromatic rings. The van der Waals surface area contributed by atoms with Crippen molar-refractivity contribution in [2.75, 3.05) is 26.4 Å². The van der Waals surface area contributed by atoms with E-state index in [1.54, 1.807) is 0 Å². The Morgan fingerprint density at radius 3 is 1.01 bits per heavy atom. The van der Waals surface area contributed by atoms with Crippen molar-refractivity contribution in [3.8, 4) is 0 Å². The topological polar surface area (TPSA) is 307 Å². The van der Waals surface area contributed by atoms with Crippen LogP contribution in [0.1, 0.15) is 290 Å². The number of carbonyl (C=O) groups is 1. The van der Waals surface area contributed by atoms with E-state index < -0.39 is 124 Å². The second-order valence-electron chi connectivity index (χ2n) is 25.7. The summed E-state index contributed by atoms with van der Waals surface area (Å²) in [4.78, 5) is 13.4. The van der Waals surface area contributed by atoms with Gasteiger partial charge in [-0.1, -0.05) is 271 Å². The molecule has 19 nitrogen and oxygen atoms in total. The molecule has 17 unspecified atom stereocenters. The largest absolute Gasteiger partial charge is 0.394 e. The lowest BCUT2D eigenvalue weighted by Crippen LogP contribution is -2.66. The predicted molar refractivity (Wildman–Crippen MR) is 333 cm³/mol. The first-order chi connectivity index (χ1) is 41.8. The molecule has 0 spiro atoms. The molecule has 12 N–H and O–H groups in total. The summed E-state index contributed by atoms with van der Waals surface area (Å²) in [6.45, 7) is 1.79. The van der Waals surface area contributed by atoms with E-state index in [9.17, 15) is 61.0 Å². The zero-order valence-corrected chi connectivity index (χ0v) is 53.8. The van der Waals surface area contributed by atoms with Gasteiger partial charge in [-0.3, -0.25) is 4.79 Å². The summed E-state index contributed by atoms with van der Waals surface area (Å²) >= 11 is 0. The van der Waals surface area contributed by atoms with Crippen LogP contribution in [0, 0.1) is 0 Å². The highest BCUT2D eigenvalue weighted by Crippen LogP contribution is 2.33. The lowest BCUT2D eigenvalue weighted by atomic mass is 9.96. The first kappa shape index (κ1) is 79.0. The van der Waals surface area contributed by atoms with Crippen LogP contribution < -0.4 is 5.32 Å². The van der Waals surface area contributed by atoms with Crippen LogP contribution in [-0.4, -0.2) is 193 Å². The Hall–Kier alpha value is -1.21. The van der Waals surface area contributed by atoms with Crippen molar-refractivity contribution in [2.45, 2.75) is 394 Å². The summed E-state index contributed by atoms with van der Waals surface area (Å²) in [6.07, 6.45) is 26.7. The minimum atomic E-state index is -1.97. The highest BCUT2D eigenvalue weighted by atomic mass is 16.8. The summed E-state index contributed by atoms with van der Waals surface area (Å²) in [5.41, 5.74) is 0. The fourth-order valence-corrected chi connectivity index (χ4v) is 12.4. The lowest BCUT2D eigenvalue weighted by Gasteiger charge is -2.48. The maximum absolute atomic E-state index is 13.4. The molecule has 0 saturated carbocycles. The number of carbonyl (C=O) groups excluding carboxylic acids is 1. The first-order valence-electron chi connectivity index (χ1n) is 35.3. The van der Waals surface area contributed by atoms with Gasteiger partial charge in [0.1, 0.15) is 73.2 Å². The molecule has 0 aromatic heterocycles. The van der Waals surface area contributed by atoms with E-state index in [2.05, 4.69) is 19.2 Å². The van der Waals surface area contributed by atoms with E-state index in [-0.39, 0.29) is 18.9 Å². The number of rotatable bonds is 55. The number of hydrogen-bond donors (Lipinski definition) is 12.